The zero-order chi connectivity index (χ0) is 16.9. The highest BCUT2D eigenvalue weighted by Crippen LogP contribution is 2.20. The number of benzene rings is 2. The highest BCUT2D eigenvalue weighted by molar-refractivity contribution is 7.80. The van der Waals surface area contributed by atoms with Gasteiger partial charge in [-0.15, -0.1) is 5.11 Å². The van der Waals surface area contributed by atoms with Gasteiger partial charge in [0.05, 0.1) is 5.69 Å². The molecule has 3 rings (SSSR count). The third-order valence-electron chi connectivity index (χ3n) is 3.16. The number of nitrogens with one attached hydrogen (secondary N) is 2. The zero-order valence-electron chi connectivity index (χ0n) is 12.5. The van der Waals surface area contributed by atoms with Crippen molar-refractivity contribution in [2.24, 2.45) is 10.2 Å². The molecule has 1 heterocycles. The van der Waals surface area contributed by atoms with Crippen LogP contribution in [0.5, 0.6) is 0 Å². The number of nitrogens with zero attached hydrogens (tertiary/aromatic N) is 3. The summed E-state index contributed by atoms with van der Waals surface area (Å²) in [4.78, 5) is 12.0. The standard InChI is InChI=1S/C16H14N6OS/c17-14-13(20-19-12-9-5-2-6-10-12)15(23)21-22(14)16(24)18-11-7-3-1-4-8-11/h1-10H,17H2,(H,18,24)(H,21,23). The Hall–Kier alpha value is -3.26. The smallest absolute Gasteiger partial charge is 0.294 e. The molecule has 0 amide bonds. The van der Waals surface area contributed by atoms with E-state index in [2.05, 4.69) is 20.6 Å². The van der Waals surface area contributed by atoms with Gasteiger partial charge in [0, 0.05) is 5.69 Å². The number of nitrogen functional groups attached to an aromatic ring is 1. The van der Waals surface area contributed by atoms with Gasteiger partial charge in [-0.2, -0.15) is 5.11 Å². The summed E-state index contributed by atoms with van der Waals surface area (Å²) >= 11 is 5.27. The normalized spacial score (nSPS) is 10.8. The van der Waals surface area contributed by atoms with Gasteiger partial charge in [-0.25, -0.2) is 4.68 Å². The predicted octanol–water partition coefficient (Wildman–Crippen LogP) is 3.42. The van der Waals surface area contributed by atoms with E-state index >= 15 is 0 Å². The molecular formula is C16H14N6OS. The first-order chi connectivity index (χ1) is 11.6. The van der Waals surface area contributed by atoms with E-state index in [-0.39, 0.29) is 16.6 Å². The number of azo groups is 1. The Morgan fingerprint density at radius 1 is 1.04 bits per heavy atom. The summed E-state index contributed by atoms with van der Waals surface area (Å²) in [6.07, 6.45) is 0. The van der Waals surface area contributed by atoms with Crippen LogP contribution < -0.4 is 16.6 Å². The average molecular weight is 338 g/mol. The molecule has 0 aliphatic rings. The Kier molecular flexibility index (Phi) is 4.48. The average Bonchev–Trinajstić information content (AvgIpc) is 2.89. The van der Waals surface area contributed by atoms with Crippen molar-refractivity contribution in [2.45, 2.75) is 0 Å². The molecule has 8 heteroatoms. The van der Waals surface area contributed by atoms with Gasteiger partial charge in [-0.05, 0) is 36.5 Å². The molecule has 0 saturated heterocycles. The van der Waals surface area contributed by atoms with Gasteiger partial charge in [0.2, 0.25) is 0 Å². The van der Waals surface area contributed by atoms with E-state index in [1.165, 1.54) is 4.68 Å². The van der Waals surface area contributed by atoms with Crippen LogP contribution in [0.1, 0.15) is 0 Å². The summed E-state index contributed by atoms with van der Waals surface area (Å²) < 4.78 is 1.27. The molecule has 0 unspecified atom stereocenters. The van der Waals surface area contributed by atoms with Gasteiger partial charge in [-0.1, -0.05) is 36.4 Å². The fourth-order valence-electron chi connectivity index (χ4n) is 2.00. The Bertz CT molecular complexity index is 930. The lowest BCUT2D eigenvalue weighted by molar-refractivity contribution is 0.935. The first kappa shape index (κ1) is 15.6. The molecule has 2 aromatic carbocycles. The maximum atomic E-state index is 12.0. The number of H-pyrrole nitrogens is 1. The van der Waals surface area contributed by atoms with Crippen LogP contribution in [0.15, 0.2) is 75.7 Å². The predicted molar refractivity (Wildman–Crippen MR) is 98.1 cm³/mol. The molecular weight excluding hydrogens is 324 g/mol. The molecule has 7 nitrogen and oxygen atoms in total. The molecule has 120 valence electrons. The number of aromatic amines is 1. The first-order valence-electron chi connectivity index (χ1n) is 7.09. The highest BCUT2D eigenvalue weighted by Gasteiger charge is 2.14. The fourth-order valence-corrected chi connectivity index (χ4v) is 2.26. The first-order valence-corrected chi connectivity index (χ1v) is 7.49. The van der Waals surface area contributed by atoms with Crippen LogP contribution in [0, 0.1) is 0 Å². The number of hydrogen-bond donors (Lipinski definition) is 3. The maximum Gasteiger partial charge on any atom is 0.294 e. The van der Waals surface area contributed by atoms with Crippen molar-refractivity contribution in [3.63, 3.8) is 0 Å². The number of rotatable bonds is 3. The molecule has 0 radical (unpaired) electrons. The van der Waals surface area contributed by atoms with Crippen molar-refractivity contribution in [1.82, 2.24) is 9.78 Å². The van der Waals surface area contributed by atoms with Gasteiger partial charge >= 0.3 is 0 Å². The highest BCUT2D eigenvalue weighted by atomic mass is 32.1. The second-order valence-corrected chi connectivity index (χ2v) is 5.23. The summed E-state index contributed by atoms with van der Waals surface area (Å²) in [7, 11) is 0. The second kappa shape index (κ2) is 6.88. The molecule has 0 saturated carbocycles. The van der Waals surface area contributed by atoms with Crippen LogP contribution >= 0.6 is 12.2 Å². The molecule has 3 aromatic rings. The molecule has 0 aliphatic heterocycles. The lowest BCUT2D eigenvalue weighted by atomic mass is 10.3. The molecule has 0 bridgehead atoms. The quantitative estimate of drug-likeness (QED) is 0.503. The summed E-state index contributed by atoms with van der Waals surface area (Å²) in [6.45, 7) is 0. The Balaban J connectivity index is 1.85. The number of aromatic nitrogens is 2. The van der Waals surface area contributed by atoms with Gasteiger partial charge in [0.25, 0.3) is 5.56 Å². The lowest BCUT2D eigenvalue weighted by Crippen LogP contribution is -2.23. The van der Waals surface area contributed by atoms with Crippen molar-refractivity contribution in [3.05, 3.63) is 71.0 Å². The van der Waals surface area contributed by atoms with Gasteiger partial charge in [0.1, 0.15) is 0 Å². The van der Waals surface area contributed by atoms with Gasteiger partial charge < -0.3 is 11.1 Å². The summed E-state index contributed by atoms with van der Waals surface area (Å²) in [5.41, 5.74) is 6.92. The number of anilines is 2. The fraction of sp³-hybridized carbons (Fsp3) is 0. The van der Waals surface area contributed by atoms with E-state index in [1.54, 1.807) is 12.1 Å². The number of nitrogens with two attached hydrogens (primary N) is 1. The summed E-state index contributed by atoms with van der Waals surface area (Å²) in [6, 6.07) is 18.4. The van der Waals surface area contributed by atoms with E-state index in [4.69, 9.17) is 18.0 Å². The molecule has 1 aromatic heterocycles. The van der Waals surface area contributed by atoms with Crippen molar-refractivity contribution < 1.29 is 0 Å². The van der Waals surface area contributed by atoms with E-state index in [1.807, 2.05) is 48.5 Å². The Labute approximate surface area is 142 Å². The molecule has 0 aliphatic carbocycles. The van der Waals surface area contributed by atoms with E-state index in [9.17, 15) is 4.79 Å². The molecule has 0 atom stereocenters. The third-order valence-corrected chi connectivity index (χ3v) is 3.45. The molecule has 0 fully saturated rings. The van der Waals surface area contributed by atoms with Gasteiger partial charge in [0.15, 0.2) is 16.6 Å². The van der Waals surface area contributed by atoms with E-state index in [0.717, 1.165) is 5.69 Å². The Morgan fingerprint density at radius 2 is 1.67 bits per heavy atom. The Morgan fingerprint density at radius 3 is 2.33 bits per heavy atom. The second-order valence-electron chi connectivity index (χ2n) is 4.84. The minimum Gasteiger partial charge on any atom is -0.382 e. The van der Waals surface area contributed by atoms with Crippen LogP contribution in [0.2, 0.25) is 0 Å². The van der Waals surface area contributed by atoms with Crippen molar-refractivity contribution in [3.8, 4) is 0 Å². The van der Waals surface area contributed by atoms with E-state index < -0.39 is 5.56 Å². The van der Waals surface area contributed by atoms with Crippen molar-refractivity contribution >= 4 is 40.2 Å². The number of hydrogen-bond acceptors (Lipinski definition) is 5. The zero-order valence-corrected chi connectivity index (χ0v) is 13.3. The number of para-hydroxylation sites is 1. The van der Waals surface area contributed by atoms with Crippen LogP contribution in [0.25, 0.3) is 0 Å². The lowest BCUT2D eigenvalue weighted by Gasteiger charge is -2.09. The SMILES string of the molecule is Nc1c(N=Nc2ccccc2)c(=O)[nH]n1C(=S)Nc1ccccc1. The monoisotopic (exact) mass is 338 g/mol. The minimum absolute atomic E-state index is 0.0102. The van der Waals surface area contributed by atoms with Crippen LogP contribution in [0.3, 0.4) is 0 Å². The van der Waals surface area contributed by atoms with E-state index in [0.29, 0.717) is 5.69 Å². The largest absolute Gasteiger partial charge is 0.382 e. The molecule has 0 spiro atoms. The van der Waals surface area contributed by atoms with Gasteiger partial charge in [-0.3, -0.25) is 9.89 Å². The topological polar surface area (TPSA) is 101 Å². The minimum atomic E-state index is -0.468. The number of thiocarbonyl (C=S) groups is 1. The maximum absolute atomic E-state index is 12.0. The van der Waals surface area contributed by atoms with Crippen LogP contribution in [-0.4, -0.2) is 14.9 Å². The third kappa shape index (κ3) is 3.39. The molecule has 4 N–H and O–H groups in total. The van der Waals surface area contributed by atoms with Crippen molar-refractivity contribution in [1.29, 1.82) is 0 Å². The van der Waals surface area contributed by atoms with Crippen molar-refractivity contribution in [2.75, 3.05) is 11.1 Å². The van der Waals surface area contributed by atoms with Crippen LogP contribution in [-0.2, 0) is 0 Å². The summed E-state index contributed by atoms with van der Waals surface area (Å²) in [5.74, 6) is 0.0908. The molecule has 24 heavy (non-hydrogen) atoms. The van der Waals surface area contributed by atoms with Crippen LogP contribution in [0.4, 0.5) is 22.9 Å². The summed E-state index contributed by atoms with van der Waals surface area (Å²) in [5, 5.41) is 13.7.